The summed E-state index contributed by atoms with van der Waals surface area (Å²) in [5.74, 6) is -1.49. The average Bonchev–Trinajstić information content (AvgIpc) is 2.36. The maximum atomic E-state index is 12.0. The summed E-state index contributed by atoms with van der Waals surface area (Å²) >= 11 is 0. The van der Waals surface area contributed by atoms with Gasteiger partial charge in [0.15, 0.2) is 0 Å². The quantitative estimate of drug-likeness (QED) is 0.693. The molecule has 5 heteroatoms. The molecule has 1 aromatic rings. The molecule has 1 rings (SSSR count). The van der Waals surface area contributed by atoms with Crippen LogP contribution in [0.1, 0.15) is 37.0 Å². The molecular formula is C13H18N2O3. The second-order valence-electron chi connectivity index (χ2n) is 4.14. The first kappa shape index (κ1) is 14.0. The Bertz CT molecular complexity index is 453. The van der Waals surface area contributed by atoms with Crippen LogP contribution in [-0.4, -0.2) is 22.5 Å². The minimum Gasteiger partial charge on any atom is -0.480 e. The first-order chi connectivity index (χ1) is 8.46. The molecule has 98 valence electrons. The fourth-order valence-corrected chi connectivity index (χ4v) is 1.77. The Hall–Kier alpha value is -2.04. The summed E-state index contributed by atoms with van der Waals surface area (Å²) in [5.41, 5.74) is 5.09. The minimum atomic E-state index is -1.24. The summed E-state index contributed by atoms with van der Waals surface area (Å²) in [6.45, 7) is 3.46. The number of hydrogen-bond donors (Lipinski definition) is 3. The number of carboxylic acids is 1. The van der Waals surface area contributed by atoms with Crippen molar-refractivity contribution in [3.05, 3.63) is 29.8 Å². The lowest BCUT2D eigenvalue weighted by molar-refractivity contribution is -0.144. The third-order valence-corrected chi connectivity index (χ3v) is 3.17. The van der Waals surface area contributed by atoms with Crippen LogP contribution in [-0.2, 0) is 4.79 Å². The summed E-state index contributed by atoms with van der Waals surface area (Å²) in [6.07, 6.45) is 0.634. The molecule has 0 fully saturated rings. The SMILES string of the molecule is CCC(CC)(NC(=O)c1ccccc1N)C(=O)O. The van der Waals surface area contributed by atoms with Gasteiger partial charge >= 0.3 is 5.97 Å². The summed E-state index contributed by atoms with van der Waals surface area (Å²) < 4.78 is 0. The molecule has 0 bridgehead atoms. The number of nitrogens with one attached hydrogen (secondary N) is 1. The Kier molecular flexibility index (Phi) is 4.31. The van der Waals surface area contributed by atoms with Gasteiger partial charge in [0.05, 0.1) is 5.56 Å². The Morgan fingerprint density at radius 3 is 2.28 bits per heavy atom. The van der Waals surface area contributed by atoms with Crippen molar-refractivity contribution in [2.24, 2.45) is 0 Å². The zero-order chi connectivity index (χ0) is 13.8. The van der Waals surface area contributed by atoms with Crippen molar-refractivity contribution >= 4 is 17.6 Å². The summed E-state index contributed by atoms with van der Waals surface area (Å²) in [7, 11) is 0. The van der Waals surface area contributed by atoms with Crippen LogP contribution in [0.3, 0.4) is 0 Å². The minimum absolute atomic E-state index is 0.296. The van der Waals surface area contributed by atoms with E-state index in [4.69, 9.17) is 5.73 Å². The van der Waals surface area contributed by atoms with Gasteiger partial charge in [0.1, 0.15) is 5.54 Å². The van der Waals surface area contributed by atoms with E-state index in [1.807, 2.05) is 0 Å². The monoisotopic (exact) mass is 250 g/mol. The predicted molar refractivity (Wildman–Crippen MR) is 69.3 cm³/mol. The van der Waals surface area contributed by atoms with Crippen LogP contribution in [0.25, 0.3) is 0 Å². The molecular weight excluding hydrogens is 232 g/mol. The van der Waals surface area contributed by atoms with Crippen LogP contribution in [0.5, 0.6) is 0 Å². The van der Waals surface area contributed by atoms with E-state index in [2.05, 4.69) is 5.32 Å². The van der Waals surface area contributed by atoms with Gasteiger partial charge in [-0.2, -0.15) is 0 Å². The highest BCUT2D eigenvalue weighted by atomic mass is 16.4. The summed E-state index contributed by atoms with van der Waals surface area (Å²) in [4.78, 5) is 23.3. The molecule has 0 aliphatic carbocycles. The molecule has 4 N–H and O–H groups in total. The number of rotatable bonds is 5. The maximum absolute atomic E-state index is 12.0. The standard InChI is InChI=1S/C13H18N2O3/c1-3-13(4-2,12(17)18)15-11(16)9-7-5-6-8-10(9)14/h5-8H,3-4,14H2,1-2H3,(H,15,16)(H,17,18). The zero-order valence-corrected chi connectivity index (χ0v) is 10.6. The molecule has 0 aliphatic rings. The van der Waals surface area contributed by atoms with E-state index in [1.165, 1.54) is 0 Å². The van der Waals surface area contributed by atoms with E-state index in [0.717, 1.165) is 0 Å². The lowest BCUT2D eigenvalue weighted by Gasteiger charge is -2.28. The number of anilines is 1. The number of para-hydroxylation sites is 1. The highest BCUT2D eigenvalue weighted by Crippen LogP contribution is 2.18. The van der Waals surface area contributed by atoms with Crippen LogP contribution >= 0.6 is 0 Å². The van der Waals surface area contributed by atoms with Crippen molar-refractivity contribution in [2.45, 2.75) is 32.2 Å². The van der Waals surface area contributed by atoms with Gasteiger partial charge < -0.3 is 16.2 Å². The van der Waals surface area contributed by atoms with Gasteiger partial charge in [-0.15, -0.1) is 0 Å². The third-order valence-electron chi connectivity index (χ3n) is 3.17. The number of carboxylic acid groups (broad SMARTS) is 1. The van der Waals surface area contributed by atoms with Crippen molar-refractivity contribution in [3.63, 3.8) is 0 Å². The van der Waals surface area contributed by atoms with E-state index in [1.54, 1.807) is 38.1 Å². The summed E-state index contributed by atoms with van der Waals surface area (Å²) in [5, 5.41) is 11.8. The average molecular weight is 250 g/mol. The van der Waals surface area contributed by atoms with Gasteiger partial charge in [-0.3, -0.25) is 4.79 Å². The fraction of sp³-hybridized carbons (Fsp3) is 0.385. The molecule has 0 aromatic heterocycles. The number of benzene rings is 1. The van der Waals surface area contributed by atoms with Crippen LogP contribution in [0, 0.1) is 0 Å². The number of nitrogen functional groups attached to an aromatic ring is 1. The normalized spacial score (nSPS) is 11.0. The number of carbonyl (C=O) groups is 2. The number of hydrogen-bond acceptors (Lipinski definition) is 3. The second kappa shape index (κ2) is 5.53. The number of aliphatic carboxylic acids is 1. The fourth-order valence-electron chi connectivity index (χ4n) is 1.77. The molecule has 0 heterocycles. The molecule has 0 saturated carbocycles. The molecule has 0 unspecified atom stereocenters. The van der Waals surface area contributed by atoms with Gasteiger partial charge in [0.25, 0.3) is 5.91 Å². The number of nitrogens with two attached hydrogens (primary N) is 1. The maximum Gasteiger partial charge on any atom is 0.329 e. The van der Waals surface area contributed by atoms with Crippen molar-refractivity contribution in [2.75, 3.05) is 5.73 Å². The van der Waals surface area contributed by atoms with Gasteiger partial charge in [0, 0.05) is 5.69 Å². The van der Waals surface area contributed by atoms with E-state index in [9.17, 15) is 14.7 Å². The second-order valence-corrected chi connectivity index (χ2v) is 4.14. The van der Waals surface area contributed by atoms with Crippen molar-refractivity contribution < 1.29 is 14.7 Å². The van der Waals surface area contributed by atoms with Crippen molar-refractivity contribution in [1.29, 1.82) is 0 Å². The Labute approximate surface area is 106 Å². The van der Waals surface area contributed by atoms with Gasteiger partial charge in [-0.05, 0) is 25.0 Å². The van der Waals surface area contributed by atoms with Crippen LogP contribution < -0.4 is 11.1 Å². The molecule has 1 aromatic carbocycles. The van der Waals surface area contributed by atoms with E-state index < -0.39 is 17.4 Å². The Morgan fingerprint density at radius 1 is 1.28 bits per heavy atom. The molecule has 5 nitrogen and oxygen atoms in total. The van der Waals surface area contributed by atoms with Crippen LogP contribution in [0.4, 0.5) is 5.69 Å². The highest BCUT2D eigenvalue weighted by molar-refractivity contribution is 6.01. The molecule has 1 amide bonds. The van der Waals surface area contributed by atoms with E-state index >= 15 is 0 Å². The van der Waals surface area contributed by atoms with Crippen LogP contribution in [0.2, 0.25) is 0 Å². The molecule has 0 aliphatic heterocycles. The lowest BCUT2D eigenvalue weighted by Crippen LogP contribution is -2.53. The predicted octanol–water partition coefficient (Wildman–Crippen LogP) is 1.64. The largest absolute Gasteiger partial charge is 0.480 e. The molecule has 0 spiro atoms. The topological polar surface area (TPSA) is 92.4 Å². The van der Waals surface area contributed by atoms with E-state index in [-0.39, 0.29) is 0 Å². The molecule has 0 atom stereocenters. The highest BCUT2D eigenvalue weighted by Gasteiger charge is 2.36. The smallest absolute Gasteiger partial charge is 0.329 e. The number of amides is 1. The summed E-state index contributed by atoms with van der Waals surface area (Å²) in [6, 6.07) is 6.58. The zero-order valence-electron chi connectivity index (χ0n) is 10.6. The van der Waals surface area contributed by atoms with Crippen molar-refractivity contribution in [3.8, 4) is 0 Å². The lowest BCUT2D eigenvalue weighted by atomic mass is 9.92. The first-order valence-electron chi connectivity index (χ1n) is 5.87. The van der Waals surface area contributed by atoms with Crippen molar-refractivity contribution in [1.82, 2.24) is 5.32 Å². The third kappa shape index (κ3) is 2.61. The van der Waals surface area contributed by atoms with E-state index in [0.29, 0.717) is 24.1 Å². The first-order valence-corrected chi connectivity index (χ1v) is 5.87. The van der Waals surface area contributed by atoms with Gasteiger partial charge in [-0.1, -0.05) is 26.0 Å². The molecule has 18 heavy (non-hydrogen) atoms. The molecule has 0 radical (unpaired) electrons. The Morgan fingerprint density at radius 2 is 1.83 bits per heavy atom. The van der Waals surface area contributed by atoms with Gasteiger partial charge in [0.2, 0.25) is 0 Å². The number of carbonyl (C=O) groups excluding carboxylic acids is 1. The van der Waals surface area contributed by atoms with Crippen LogP contribution in [0.15, 0.2) is 24.3 Å². The molecule has 0 saturated heterocycles. The Balaban J connectivity index is 3.00. The van der Waals surface area contributed by atoms with Gasteiger partial charge in [-0.25, -0.2) is 4.79 Å².